The summed E-state index contributed by atoms with van der Waals surface area (Å²) in [6.07, 6.45) is 0. The second kappa shape index (κ2) is 6.17. The third kappa shape index (κ3) is 2.89. The Balaban J connectivity index is 2.15. The maximum absolute atomic E-state index is 13.0. The molecule has 3 aromatic rings. The monoisotopic (exact) mass is 347 g/mol. The van der Waals surface area contributed by atoms with E-state index < -0.39 is 16.9 Å². The van der Waals surface area contributed by atoms with E-state index in [1.54, 1.807) is 6.07 Å². The van der Waals surface area contributed by atoms with E-state index in [1.165, 1.54) is 11.3 Å². The first-order valence-electron chi connectivity index (χ1n) is 7.15. The average Bonchev–Trinajstić information content (AvgIpc) is 3.16. The minimum atomic E-state index is -1.31. The molecule has 0 radical (unpaired) electrons. The van der Waals surface area contributed by atoms with Crippen molar-refractivity contribution in [2.45, 2.75) is 24.1 Å². The van der Waals surface area contributed by atoms with Crippen molar-refractivity contribution in [3.05, 3.63) is 47.5 Å². The van der Waals surface area contributed by atoms with Gasteiger partial charge in [0.1, 0.15) is 9.90 Å². The van der Waals surface area contributed by atoms with Crippen molar-refractivity contribution in [2.75, 3.05) is 4.31 Å². The smallest absolute Gasteiger partial charge is 0.265 e. The van der Waals surface area contributed by atoms with Gasteiger partial charge in [0.15, 0.2) is 11.0 Å². The number of benzene rings is 1. The molecule has 1 amide bonds. The Morgan fingerprint density at radius 2 is 2.09 bits per heavy atom. The van der Waals surface area contributed by atoms with E-state index in [4.69, 9.17) is 5.73 Å². The van der Waals surface area contributed by atoms with E-state index in [9.17, 15) is 9.00 Å². The maximum atomic E-state index is 13.0. The van der Waals surface area contributed by atoms with Gasteiger partial charge in [0.25, 0.3) is 5.91 Å². The molecule has 0 aliphatic heterocycles. The van der Waals surface area contributed by atoms with Gasteiger partial charge in [-0.05, 0) is 37.4 Å². The number of amides is 1. The van der Waals surface area contributed by atoms with E-state index >= 15 is 0 Å². The second-order valence-corrected chi connectivity index (χ2v) is 7.93. The van der Waals surface area contributed by atoms with Gasteiger partial charge in [-0.3, -0.25) is 9.10 Å². The Bertz CT molecular complexity index is 869. The summed E-state index contributed by atoms with van der Waals surface area (Å²) >= 11 is 1.46. The SMILES string of the molecule is CC(C)N(c1cccc2cc(C(N)=O)[nH]c12)S(=O)c1cccs1. The number of hydrogen-bond donors (Lipinski definition) is 2. The number of aromatic nitrogens is 1. The van der Waals surface area contributed by atoms with Gasteiger partial charge >= 0.3 is 0 Å². The highest BCUT2D eigenvalue weighted by molar-refractivity contribution is 7.88. The van der Waals surface area contributed by atoms with Crippen molar-refractivity contribution in [3.63, 3.8) is 0 Å². The van der Waals surface area contributed by atoms with Gasteiger partial charge in [-0.25, -0.2) is 4.21 Å². The number of thiophene rings is 1. The first kappa shape index (κ1) is 15.8. The van der Waals surface area contributed by atoms with E-state index in [-0.39, 0.29) is 6.04 Å². The van der Waals surface area contributed by atoms with Crippen LogP contribution in [0.2, 0.25) is 0 Å². The molecule has 2 heterocycles. The zero-order valence-corrected chi connectivity index (χ0v) is 14.4. The molecule has 23 heavy (non-hydrogen) atoms. The number of primary amides is 1. The number of rotatable bonds is 5. The predicted octanol–water partition coefficient (Wildman–Crippen LogP) is 3.27. The highest BCUT2D eigenvalue weighted by atomic mass is 32.2. The van der Waals surface area contributed by atoms with E-state index in [0.29, 0.717) is 5.69 Å². The number of hydrogen-bond acceptors (Lipinski definition) is 3. The van der Waals surface area contributed by atoms with Crippen molar-refractivity contribution in [1.29, 1.82) is 0 Å². The number of nitrogens with zero attached hydrogens (tertiary/aromatic N) is 1. The summed E-state index contributed by atoms with van der Waals surface area (Å²) in [6.45, 7) is 3.98. The molecule has 3 rings (SSSR count). The summed E-state index contributed by atoms with van der Waals surface area (Å²) in [4.78, 5) is 14.5. The fraction of sp³-hybridized carbons (Fsp3) is 0.188. The number of carbonyl (C=O) groups excluding carboxylic acids is 1. The summed E-state index contributed by atoms with van der Waals surface area (Å²) in [7, 11) is -1.31. The molecular weight excluding hydrogens is 330 g/mol. The van der Waals surface area contributed by atoms with Gasteiger partial charge in [-0.15, -0.1) is 11.3 Å². The predicted molar refractivity (Wildman–Crippen MR) is 95.2 cm³/mol. The number of aromatic amines is 1. The lowest BCUT2D eigenvalue weighted by molar-refractivity contribution is 0.0996. The molecule has 1 aromatic carbocycles. The van der Waals surface area contributed by atoms with Gasteiger partial charge in [-0.1, -0.05) is 18.2 Å². The third-order valence-corrected chi connectivity index (χ3v) is 6.29. The molecule has 3 N–H and O–H groups in total. The van der Waals surface area contributed by atoms with Gasteiger partial charge in [0.2, 0.25) is 0 Å². The standard InChI is InChI=1S/C16H17N3O2S2/c1-10(2)19(23(21)14-7-4-8-22-14)13-6-3-5-11-9-12(16(17)20)18-15(11)13/h3-10,18H,1-2H3,(H2,17,20). The van der Waals surface area contributed by atoms with Crippen molar-refractivity contribution >= 4 is 44.8 Å². The van der Waals surface area contributed by atoms with E-state index in [0.717, 1.165) is 20.8 Å². The molecule has 2 aromatic heterocycles. The number of fused-ring (bicyclic) bond motifs is 1. The Morgan fingerprint density at radius 1 is 1.30 bits per heavy atom. The Morgan fingerprint density at radius 3 is 2.70 bits per heavy atom. The molecule has 7 heteroatoms. The summed E-state index contributed by atoms with van der Waals surface area (Å²) < 4.78 is 15.6. The zero-order chi connectivity index (χ0) is 16.6. The molecule has 0 fully saturated rings. The maximum Gasteiger partial charge on any atom is 0.265 e. The van der Waals surface area contributed by atoms with Crippen LogP contribution in [0.25, 0.3) is 10.9 Å². The number of nitrogens with one attached hydrogen (secondary N) is 1. The molecule has 0 spiro atoms. The molecule has 1 atom stereocenters. The molecule has 0 saturated carbocycles. The van der Waals surface area contributed by atoms with Gasteiger partial charge in [0.05, 0.1) is 11.2 Å². The summed E-state index contributed by atoms with van der Waals surface area (Å²) in [6, 6.07) is 11.2. The van der Waals surface area contributed by atoms with Gasteiger partial charge in [0, 0.05) is 11.4 Å². The Labute approximate surface area is 140 Å². The zero-order valence-electron chi connectivity index (χ0n) is 12.8. The first-order valence-corrected chi connectivity index (χ1v) is 9.14. The summed E-state index contributed by atoms with van der Waals surface area (Å²) in [5.74, 6) is -0.511. The van der Waals surface area contributed by atoms with Crippen LogP contribution in [0.1, 0.15) is 24.3 Å². The lowest BCUT2D eigenvalue weighted by atomic mass is 10.2. The van der Waals surface area contributed by atoms with E-state index in [2.05, 4.69) is 4.98 Å². The van der Waals surface area contributed by atoms with Crippen LogP contribution in [0.4, 0.5) is 5.69 Å². The molecule has 1 unspecified atom stereocenters. The quantitative estimate of drug-likeness (QED) is 0.743. The molecule has 120 valence electrons. The van der Waals surface area contributed by atoms with Crippen LogP contribution >= 0.6 is 11.3 Å². The van der Waals surface area contributed by atoms with Crippen LogP contribution in [0, 0.1) is 0 Å². The number of H-pyrrole nitrogens is 1. The summed E-state index contributed by atoms with van der Waals surface area (Å²) in [5, 5.41) is 2.77. The third-order valence-electron chi connectivity index (χ3n) is 3.45. The number of carbonyl (C=O) groups is 1. The highest BCUT2D eigenvalue weighted by Crippen LogP contribution is 2.32. The minimum absolute atomic E-state index is 0.0175. The van der Waals surface area contributed by atoms with E-state index in [1.807, 2.05) is 53.9 Å². The number of para-hydroxylation sites is 1. The normalized spacial score (nSPS) is 12.7. The van der Waals surface area contributed by atoms with Crippen molar-refractivity contribution in [2.24, 2.45) is 5.73 Å². The largest absolute Gasteiger partial charge is 0.364 e. The summed E-state index contributed by atoms with van der Waals surface area (Å²) in [5.41, 5.74) is 7.26. The molecule has 0 bridgehead atoms. The van der Waals surface area contributed by atoms with Crippen molar-refractivity contribution in [1.82, 2.24) is 4.98 Å². The average molecular weight is 347 g/mol. The topological polar surface area (TPSA) is 79.2 Å². The number of nitrogens with two attached hydrogens (primary N) is 1. The fourth-order valence-electron chi connectivity index (χ4n) is 2.48. The van der Waals surface area contributed by atoms with Crippen LogP contribution < -0.4 is 10.0 Å². The van der Waals surface area contributed by atoms with Crippen LogP contribution in [-0.4, -0.2) is 21.1 Å². The molecule has 0 aliphatic rings. The Kier molecular flexibility index (Phi) is 4.23. The number of anilines is 1. The lowest BCUT2D eigenvalue weighted by Crippen LogP contribution is -2.32. The van der Waals surface area contributed by atoms with Gasteiger partial charge in [-0.2, -0.15) is 0 Å². The Hall–Kier alpha value is -2.12. The highest BCUT2D eigenvalue weighted by Gasteiger charge is 2.23. The molecule has 5 nitrogen and oxygen atoms in total. The van der Waals surface area contributed by atoms with Crippen LogP contribution in [-0.2, 0) is 11.0 Å². The lowest BCUT2D eigenvalue weighted by Gasteiger charge is -2.27. The second-order valence-electron chi connectivity index (χ2n) is 5.39. The van der Waals surface area contributed by atoms with Crippen molar-refractivity contribution in [3.8, 4) is 0 Å². The van der Waals surface area contributed by atoms with Crippen LogP contribution in [0.15, 0.2) is 46.0 Å². The first-order chi connectivity index (χ1) is 11.0. The van der Waals surface area contributed by atoms with Crippen LogP contribution in [0.5, 0.6) is 0 Å². The minimum Gasteiger partial charge on any atom is -0.364 e. The van der Waals surface area contributed by atoms with Crippen LogP contribution in [0.3, 0.4) is 0 Å². The molecule has 0 saturated heterocycles. The molecule has 0 aliphatic carbocycles. The van der Waals surface area contributed by atoms with Gasteiger partial charge < -0.3 is 10.7 Å². The van der Waals surface area contributed by atoms with Crippen molar-refractivity contribution < 1.29 is 9.00 Å². The molecular formula is C16H17N3O2S2. The fourth-order valence-corrected chi connectivity index (χ4v) is 4.76.